The molecule has 0 saturated carbocycles. The summed E-state index contributed by atoms with van der Waals surface area (Å²) in [4.78, 5) is 4.68. The summed E-state index contributed by atoms with van der Waals surface area (Å²) in [6.45, 7) is 3.54. The van der Waals surface area contributed by atoms with Crippen molar-refractivity contribution in [1.29, 1.82) is 0 Å². The Labute approximate surface area is 147 Å². The number of imidazole rings is 1. The van der Waals surface area contributed by atoms with Crippen LogP contribution in [0.1, 0.15) is 18.4 Å². The van der Waals surface area contributed by atoms with Gasteiger partial charge in [-0.25, -0.2) is 9.37 Å². The van der Waals surface area contributed by atoms with Gasteiger partial charge >= 0.3 is 0 Å². The van der Waals surface area contributed by atoms with E-state index in [1.54, 1.807) is 6.07 Å². The molecular formula is C21H21FN2O. The van der Waals surface area contributed by atoms with Crippen LogP contribution in [0.3, 0.4) is 0 Å². The quantitative estimate of drug-likeness (QED) is 0.681. The largest absolute Gasteiger partial charge is 0.376 e. The Morgan fingerprint density at radius 2 is 2.04 bits per heavy atom. The van der Waals surface area contributed by atoms with E-state index in [0.717, 1.165) is 54.1 Å². The number of nitrogens with zero attached hydrogens (tertiary/aromatic N) is 2. The average molecular weight is 336 g/mol. The topological polar surface area (TPSA) is 27.1 Å². The fraction of sp³-hybridized carbons (Fsp3) is 0.286. The highest BCUT2D eigenvalue weighted by Crippen LogP contribution is 2.34. The van der Waals surface area contributed by atoms with Crippen molar-refractivity contribution in [3.8, 4) is 22.5 Å². The molecule has 3 nitrogen and oxygen atoms in total. The Balaban J connectivity index is 1.83. The number of ether oxygens (including phenoxy) is 1. The van der Waals surface area contributed by atoms with Gasteiger partial charge in [-0.3, -0.25) is 0 Å². The lowest BCUT2D eigenvalue weighted by Crippen LogP contribution is -2.15. The third-order valence-electron chi connectivity index (χ3n) is 4.75. The summed E-state index contributed by atoms with van der Waals surface area (Å²) < 4.78 is 21.6. The van der Waals surface area contributed by atoms with Gasteiger partial charge in [0.05, 0.1) is 30.4 Å². The normalized spacial score (nSPS) is 17.1. The summed E-state index contributed by atoms with van der Waals surface area (Å²) in [5, 5.41) is 0. The molecule has 3 aromatic rings. The van der Waals surface area contributed by atoms with Crippen molar-refractivity contribution >= 4 is 0 Å². The maximum Gasteiger partial charge on any atom is 0.123 e. The summed E-state index contributed by atoms with van der Waals surface area (Å²) in [5.41, 5.74) is 4.93. The molecule has 0 radical (unpaired) electrons. The van der Waals surface area contributed by atoms with Crippen LogP contribution >= 0.6 is 0 Å². The standard InChI is InChI=1S/C21H21FN2O/c1-15-12-17(22)9-10-19(15)21-20(16-6-3-2-4-7-16)23-14-24(21)13-18-8-5-11-25-18/h2-4,6-7,9-10,12,14,18H,5,8,11,13H2,1H3/t18-/m0/s1. The minimum Gasteiger partial charge on any atom is -0.376 e. The third kappa shape index (κ3) is 3.22. The van der Waals surface area contributed by atoms with E-state index in [2.05, 4.69) is 21.7 Å². The fourth-order valence-electron chi connectivity index (χ4n) is 3.51. The number of halogens is 1. The van der Waals surface area contributed by atoms with E-state index in [1.165, 1.54) is 6.07 Å². The van der Waals surface area contributed by atoms with Crippen LogP contribution in [0.15, 0.2) is 54.9 Å². The molecule has 0 unspecified atom stereocenters. The molecule has 1 aromatic heterocycles. The molecule has 4 rings (SSSR count). The maximum atomic E-state index is 13.6. The van der Waals surface area contributed by atoms with Crippen LogP contribution in [0.4, 0.5) is 4.39 Å². The van der Waals surface area contributed by atoms with E-state index in [1.807, 2.05) is 37.5 Å². The Hall–Kier alpha value is -2.46. The predicted molar refractivity (Wildman–Crippen MR) is 96.8 cm³/mol. The highest BCUT2D eigenvalue weighted by Gasteiger charge is 2.21. The summed E-state index contributed by atoms with van der Waals surface area (Å²) >= 11 is 0. The average Bonchev–Trinajstić information content (AvgIpc) is 3.26. The van der Waals surface area contributed by atoms with Crippen molar-refractivity contribution in [1.82, 2.24) is 9.55 Å². The number of aryl methyl sites for hydroxylation is 1. The van der Waals surface area contributed by atoms with Gasteiger partial charge in [-0.2, -0.15) is 0 Å². The van der Waals surface area contributed by atoms with Crippen LogP contribution in [0, 0.1) is 12.7 Å². The first-order valence-corrected chi connectivity index (χ1v) is 8.71. The first-order chi connectivity index (χ1) is 12.2. The van der Waals surface area contributed by atoms with Gasteiger partial charge in [0.25, 0.3) is 0 Å². The molecule has 1 aliphatic heterocycles. The summed E-state index contributed by atoms with van der Waals surface area (Å²) in [6.07, 6.45) is 4.27. The van der Waals surface area contributed by atoms with Crippen LogP contribution in [-0.2, 0) is 11.3 Å². The monoisotopic (exact) mass is 336 g/mol. The molecule has 128 valence electrons. The van der Waals surface area contributed by atoms with E-state index in [-0.39, 0.29) is 11.9 Å². The van der Waals surface area contributed by atoms with Gasteiger partial charge in [-0.05, 0) is 43.5 Å². The SMILES string of the molecule is Cc1cc(F)ccc1-c1c(-c2ccccc2)ncn1C[C@@H]1CCCO1. The van der Waals surface area contributed by atoms with Gasteiger partial charge in [0, 0.05) is 17.7 Å². The van der Waals surface area contributed by atoms with Gasteiger partial charge in [0.1, 0.15) is 5.82 Å². The summed E-state index contributed by atoms with van der Waals surface area (Å²) in [7, 11) is 0. The molecule has 25 heavy (non-hydrogen) atoms. The smallest absolute Gasteiger partial charge is 0.123 e. The Morgan fingerprint density at radius 1 is 1.20 bits per heavy atom. The molecule has 0 aliphatic carbocycles. The maximum absolute atomic E-state index is 13.6. The van der Waals surface area contributed by atoms with Gasteiger partial charge in [0.15, 0.2) is 0 Å². The van der Waals surface area contributed by atoms with Gasteiger partial charge in [-0.1, -0.05) is 30.3 Å². The van der Waals surface area contributed by atoms with Crippen molar-refractivity contribution in [2.45, 2.75) is 32.4 Å². The zero-order valence-electron chi connectivity index (χ0n) is 14.3. The van der Waals surface area contributed by atoms with E-state index in [0.29, 0.717) is 0 Å². The Bertz CT molecular complexity index is 867. The first-order valence-electron chi connectivity index (χ1n) is 8.71. The number of hydrogen-bond donors (Lipinski definition) is 0. The van der Waals surface area contributed by atoms with Gasteiger partial charge in [-0.15, -0.1) is 0 Å². The first kappa shape index (κ1) is 16.0. The second-order valence-corrected chi connectivity index (χ2v) is 6.55. The lowest BCUT2D eigenvalue weighted by molar-refractivity contribution is 0.0973. The highest BCUT2D eigenvalue weighted by atomic mass is 19.1. The molecule has 1 saturated heterocycles. The van der Waals surface area contributed by atoms with Crippen molar-refractivity contribution in [2.75, 3.05) is 6.61 Å². The molecule has 1 fully saturated rings. The molecule has 0 N–H and O–H groups in total. The Kier molecular flexibility index (Phi) is 4.36. The second-order valence-electron chi connectivity index (χ2n) is 6.55. The summed E-state index contributed by atoms with van der Waals surface area (Å²) in [6, 6.07) is 15.1. The number of rotatable bonds is 4. The Morgan fingerprint density at radius 3 is 2.76 bits per heavy atom. The van der Waals surface area contributed by atoms with E-state index in [4.69, 9.17) is 4.74 Å². The molecule has 0 amide bonds. The van der Waals surface area contributed by atoms with Crippen molar-refractivity contribution in [3.63, 3.8) is 0 Å². The minimum atomic E-state index is -0.215. The lowest BCUT2D eigenvalue weighted by Gasteiger charge is -2.16. The van der Waals surface area contributed by atoms with Crippen molar-refractivity contribution in [3.05, 3.63) is 66.2 Å². The van der Waals surface area contributed by atoms with Crippen LogP contribution in [0.2, 0.25) is 0 Å². The van der Waals surface area contributed by atoms with E-state index < -0.39 is 0 Å². The van der Waals surface area contributed by atoms with E-state index >= 15 is 0 Å². The lowest BCUT2D eigenvalue weighted by atomic mass is 10.0. The zero-order valence-corrected chi connectivity index (χ0v) is 14.3. The molecule has 2 aromatic carbocycles. The van der Waals surface area contributed by atoms with Crippen LogP contribution < -0.4 is 0 Å². The third-order valence-corrected chi connectivity index (χ3v) is 4.75. The van der Waals surface area contributed by atoms with Crippen molar-refractivity contribution < 1.29 is 9.13 Å². The molecule has 2 heterocycles. The van der Waals surface area contributed by atoms with Crippen LogP contribution in [0.25, 0.3) is 22.5 Å². The number of benzene rings is 2. The van der Waals surface area contributed by atoms with Crippen LogP contribution in [-0.4, -0.2) is 22.3 Å². The zero-order chi connectivity index (χ0) is 17.2. The molecule has 0 bridgehead atoms. The van der Waals surface area contributed by atoms with Gasteiger partial charge < -0.3 is 9.30 Å². The van der Waals surface area contributed by atoms with E-state index in [9.17, 15) is 4.39 Å². The molecule has 1 atom stereocenters. The molecule has 1 aliphatic rings. The molecule has 0 spiro atoms. The second kappa shape index (κ2) is 6.81. The minimum absolute atomic E-state index is 0.215. The van der Waals surface area contributed by atoms with Crippen molar-refractivity contribution in [2.24, 2.45) is 0 Å². The molecular weight excluding hydrogens is 315 g/mol. The molecule has 4 heteroatoms. The number of hydrogen-bond acceptors (Lipinski definition) is 2. The fourth-order valence-corrected chi connectivity index (χ4v) is 3.51. The highest BCUT2D eigenvalue weighted by molar-refractivity contribution is 5.80. The number of aromatic nitrogens is 2. The summed E-state index contributed by atoms with van der Waals surface area (Å²) in [5.74, 6) is -0.215. The van der Waals surface area contributed by atoms with Gasteiger partial charge in [0.2, 0.25) is 0 Å². The van der Waals surface area contributed by atoms with Crippen LogP contribution in [0.5, 0.6) is 0 Å². The predicted octanol–water partition coefficient (Wildman–Crippen LogP) is 4.84.